The Bertz CT molecular complexity index is 2540. The summed E-state index contributed by atoms with van der Waals surface area (Å²) in [4.78, 5) is 43.2. The van der Waals surface area contributed by atoms with Crippen LogP contribution in [0.25, 0.3) is 22.1 Å². The number of likely N-dealkylation sites (tertiary alicyclic amines) is 2. The first kappa shape index (κ1) is 53.2. The molecule has 6 aromatic rings. The summed E-state index contributed by atoms with van der Waals surface area (Å²) < 4.78 is 34.4. The van der Waals surface area contributed by atoms with Gasteiger partial charge in [0.25, 0.3) is 11.8 Å². The van der Waals surface area contributed by atoms with E-state index in [4.69, 9.17) is 38.4 Å². The van der Waals surface area contributed by atoms with Crippen LogP contribution in [0.1, 0.15) is 97.0 Å². The molecule has 4 saturated heterocycles. The number of H-pyrrole nitrogens is 1. The van der Waals surface area contributed by atoms with E-state index < -0.39 is 0 Å². The van der Waals surface area contributed by atoms with E-state index in [0.717, 1.165) is 105 Å². The minimum absolute atomic E-state index is 0. The first-order valence-electron chi connectivity index (χ1n) is 24.4. The molecule has 4 aliphatic rings. The Morgan fingerprint density at radius 1 is 0.614 bits per heavy atom. The van der Waals surface area contributed by atoms with Crippen LogP contribution < -0.4 is 48.5 Å². The summed E-state index contributed by atoms with van der Waals surface area (Å²) in [7, 11) is 6.37. The number of carbonyl (C=O) groups is 2. The summed E-state index contributed by atoms with van der Waals surface area (Å²) in [5.41, 5.74) is 5.52. The second-order valence-corrected chi connectivity index (χ2v) is 19.0. The van der Waals surface area contributed by atoms with Crippen molar-refractivity contribution in [3.8, 4) is 23.0 Å². The van der Waals surface area contributed by atoms with E-state index in [2.05, 4.69) is 49.7 Å². The maximum Gasteiger partial charge on any atom is 1.00 e. The van der Waals surface area contributed by atoms with Crippen molar-refractivity contribution < 1.29 is 69.0 Å². The van der Waals surface area contributed by atoms with Crippen LogP contribution in [0.3, 0.4) is 0 Å². The van der Waals surface area contributed by atoms with Crippen molar-refractivity contribution in [2.24, 2.45) is 11.8 Å². The molecule has 0 aliphatic carbocycles. The van der Waals surface area contributed by atoms with E-state index in [-0.39, 0.29) is 42.8 Å². The van der Waals surface area contributed by atoms with Gasteiger partial charge in [-0.05, 0) is 112 Å². The molecule has 2 aromatic heterocycles. The topological polar surface area (TPSA) is 142 Å². The Hall–Kier alpha value is -4.64. The van der Waals surface area contributed by atoms with Crippen LogP contribution in [0.4, 0.5) is 0 Å². The number of nitrogens with zero attached hydrogens (tertiary/aromatic N) is 5. The Morgan fingerprint density at radius 2 is 1.07 bits per heavy atom. The first-order chi connectivity index (χ1) is 33.8. The van der Waals surface area contributed by atoms with Gasteiger partial charge in [0.15, 0.2) is 0 Å². The van der Waals surface area contributed by atoms with Crippen molar-refractivity contribution >= 4 is 49.8 Å². The standard InChI is InChI=1S/C27H33N3O4.C21H23N3O3.C6H11BrO.Na.H/c1-32-22-15-21(16-23(17-22)33-2)27(31)29-11-7-20(8-12-29)26-28-24-5-3-4-6-25(24)30(26)18-19-9-13-34-14-10-19;1-26-16-11-15(12-17(13-16)27-2)21(25)24-9-7-14(8-10-24)20-22-18-5-3-4-6-19(18)23-20;7-5-6-1-3-8-4-2-6;;/h3-6,15-17,19-20H,7-14,18H2,1-2H3;3-6,11-14H,7-10H2,1-2H3,(H,22,23);6H,1-5H2;;/q;;;+1;-1. The molecule has 14 nitrogen and oxygen atoms in total. The number of aromatic nitrogens is 4. The Labute approximate surface area is 444 Å². The van der Waals surface area contributed by atoms with E-state index >= 15 is 0 Å². The van der Waals surface area contributed by atoms with Gasteiger partial charge in [-0.2, -0.15) is 0 Å². The summed E-state index contributed by atoms with van der Waals surface area (Å²) >= 11 is 3.46. The van der Waals surface area contributed by atoms with Gasteiger partial charge in [-0.1, -0.05) is 40.2 Å². The average molecular weight is 1030 g/mol. The molecule has 70 heavy (non-hydrogen) atoms. The van der Waals surface area contributed by atoms with Gasteiger partial charge < -0.3 is 49.2 Å². The molecule has 4 aliphatic heterocycles. The van der Waals surface area contributed by atoms with Gasteiger partial charge >= 0.3 is 29.6 Å². The number of rotatable bonds is 11. The number of fused-ring (bicyclic) bond motifs is 2. The largest absolute Gasteiger partial charge is 1.00 e. The van der Waals surface area contributed by atoms with Gasteiger partial charge in [-0.3, -0.25) is 9.59 Å². The molecule has 4 fully saturated rings. The number of ether oxygens (including phenoxy) is 6. The minimum Gasteiger partial charge on any atom is -1.00 e. The maximum atomic E-state index is 13.2. The zero-order valence-electron chi connectivity index (χ0n) is 42.5. The average Bonchev–Trinajstić information content (AvgIpc) is 4.03. The number of alkyl halides is 1. The number of hydrogen-bond donors (Lipinski definition) is 1. The third-order valence-electron chi connectivity index (χ3n) is 13.9. The van der Waals surface area contributed by atoms with Crippen molar-refractivity contribution in [2.45, 2.75) is 69.7 Å². The number of benzene rings is 4. The Morgan fingerprint density at radius 3 is 1.54 bits per heavy atom. The van der Waals surface area contributed by atoms with Crippen LogP contribution in [0, 0.1) is 11.8 Å². The number of nitrogens with one attached hydrogen (secondary N) is 1. The summed E-state index contributed by atoms with van der Waals surface area (Å²) in [6.45, 7) is 7.46. The normalized spacial score (nSPS) is 17.2. The molecule has 0 saturated carbocycles. The fourth-order valence-corrected chi connectivity index (χ4v) is 10.4. The molecular weight excluding hydrogens is 964 g/mol. The van der Waals surface area contributed by atoms with E-state index in [1.807, 2.05) is 34.1 Å². The molecule has 0 spiro atoms. The molecule has 0 unspecified atom stereocenters. The van der Waals surface area contributed by atoms with Crippen LogP contribution in [-0.4, -0.2) is 128 Å². The van der Waals surface area contributed by atoms with E-state index in [9.17, 15) is 9.59 Å². The van der Waals surface area contributed by atoms with E-state index in [0.29, 0.717) is 78.1 Å². The van der Waals surface area contributed by atoms with Gasteiger partial charge in [0.2, 0.25) is 0 Å². The molecule has 10 rings (SSSR count). The van der Waals surface area contributed by atoms with Gasteiger partial charge in [0.1, 0.15) is 34.6 Å². The number of para-hydroxylation sites is 4. The second-order valence-electron chi connectivity index (χ2n) is 18.3. The monoisotopic (exact) mass is 1030 g/mol. The molecule has 4 aromatic carbocycles. The van der Waals surface area contributed by atoms with Crippen LogP contribution >= 0.6 is 15.9 Å². The van der Waals surface area contributed by atoms with E-state index in [1.165, 1.54) is 24.2 Å². The zero-order valence-corrected chi connectivity index (χ0v) is 45.1. The van der Waals surface area contributed by atoms with Gasteiger partial charge in [-0.25, -0.2) is 9.97 Å². The second kappa shape index (κ2) is 26.2. The molecule has 0 bridgehead atoms. The summed E-state index contributed by atoms with van der Waals surface area (Å²) in [6.07, 6.45) is 8.29. The Kier molecular flexibility index (Phi) is 19.9. The van der Waals surface area contributed by atoms with Gasteiger partial charge in [0, 0.05) is 99.6 Å². The summed E-state index contributed by atoms with van der Waals surface area (Å²) in [5, 5.41) is 1.15. The van der Waals surface area contributed by atoms with Crippen molar-refractivity contribution in [1.29, 1.82) is 0 Å². The molecule has 0 radical (unpaired) electrons. The molecule has 370 valence electrons. The van der Waals surface area contributed by atoms with Crippen molar-refractivity contribution in [3.05, 3.63) is 108 Å². The van der Waals surface area contributed by atoms with Gasteiger partial charge in [-0.15, -0.1) is 0 Å². The molecule has 6 heterocycles. The fourth-order valence-electron chi connectivity index (χ4n) is 9.78. The Balaban J connectivity index is 0.000000199. The quantitative estimate of drug-likeness (QED) is 0.106. The summed E-state index contributed by atoms with van der Waals surface area (Å²) in [6, 6.07) is 27.1. The smallest absolute Gasteiger partial charge is 1.00 e. The number of amides is 2. The number of carbonyl (C=O) groups excluding carboxylic acids is 2. The first-order valence-corrected chi connectivity index (χ1v) is 25.5. The molecular formula is C54H68BrN6NaO8. The van der Waals surface area contributed by atoms with E-state index in [1.54, 1.807) is 64.8 Å². The third kappa shape index (κ3) is 13.4. The van der Waals surface area contributed by atoms with Crippen LogP contribution in [-0.2, 0) is 16.0 Å². The van der Waals surface area contributed by atoms with Crippen molar-refractivity contribution in [2.75, 3.05) is 86.4 Å². The van der Waals surface area contributed by atoms with Crippen LogP contribution in [0.2, 0.25) is 0 Å². The number of piperidine rings is 2. The number of halogens is 1. The predicted octanol–water partition coefficient (Wildman–Crippen LogP) is 7.02. The predicted molar refractivity (Wildman–Crippen MR) is 273 cm³/mol. The summed E-state index contributed by atoms with van der Waals surface area (Å²) in [5.74, 6) is 6.90. The molecule has 0 atom stereocenters. The zero-order chi connectivity index (χ0) is 48.1. The van der Waals surface area contributed by atoms with Gasteiger partial charge in [0.05, 0.1) is 50.5 Å². The molecule has 16 heteroatoms. The number of methoxy groups -OCH3 is 4. The number of aromatic amines is 1. The third-order valence-corrected chi connectivity index (χ3v) is 14.9. The molecule has 2 amide bonds. The number of imidazole rings is 2. The number of hydrogen-bond acceptors (Lipinski definition) is 10. The van der Waals surface area contributed by atoms with Crippen LogP contribution in [0.15, 0.2) is 84.9 Å². The maximum absolute atomic E-state index is 13.2. The van der Waals surface area contributed by atoms with Crippen LogP contribution in [0.5, 0.6) is 23.0 Å². The van der Waals surface area contributed by atoms with Crippen molar-refractivity contribution in [1.82, 2.24) is 29.3 Å². The minimum atomic E-state index is 0. The SMILES string of the molecule is BrCC1CCOCC1.COc1cc(OC)cc(C(=O)N2CCC(c3nc4ccccc4[nH]3)CC2)c1.COc1cc(OC)cc(C(=O)N2CCC(c3nc4ccccc4n3CC3CCOCC3)CC2)c1.[H-].[Na+]. The molecule has 1 N–H and O–H groups in total. The fraction of sp³-hybridized carbons (Fsp3) is 0.481. The van der Waals surface area contributed by atoms with Crippen molar-refractivity contribution in [3.63, 3.8) is 0 Å².